The number of thiazole rings is 1. The fraction of sp³-hybridized carbons (Fsp3) is 0.474. The van der Waals surface area contributed by atoms with Crippen molar-refractivity contribution < 1.29 is 15.3 Å². The maximum absolute atomic E-state index is 10.5. The largest absolute Gasteiger partial charge is 0.390 e. The second-order valence-corrected chi connectivity index (χ2v) is 9.01. The number of aryl methyl sites for hydroxylation is 1. The van der Waals surface area contributed by atoms with Crippen molar-refractivity contribution in [3.8, 4) is 10.6 Å². The Morgan fingerprint density at radius 2 is 1.97 bits per heavy atom. The lowest BCUT2D eigenvalue weighted by Crippen LogP contribution is -2.40. The number of hydrogen-bond donors (Lipinski definition) is 5. The number of nitrogens with two attached hydrogens (primary N) is 1. The molecule has 1 saturated carbocycles. The summed E-state index contributed by atoms with van der Waals surface area (Å²) in [6.07, 6.45) is 1.60. The van der Waals surface area contributed by atoms with Gasteiger partial charge in [-0.2, -0.15) is 4.98 Å². The van der Waals surface area contributed by atoms with Crippen LogP contribution in [0.1, 0.15) is 26.0 Å². The molecule has 3 aromatic rings. The van der Waals surface area contributed by atoms with Crippen LogP contribution < -0.4 is 11.1 Å². The van der Waals surface area contributed by atoms with Crippen molar-refractivity contribution in [2.75, 3.05) is 11.1 Å². The quantitative estimate of drug-likeness (QED) is 0.424. The summed E-state index contributed by atoms with van der Waals surface area (Å²) in [5.74, 6) is 0.0332. The molecule has 6 N–H and O–H groups in total. The molecule has 0 saturated heterocycles. The van der Waals surface area contributed by atoms with Crippen molar-refractivity contribution in [3.05, 3.63) is 24.2 Å². The molecule has 4 rings (SSSR count). The molecule has 3 heterocycles. The average Bonchev–Trinajstić information content (AvgIpc) is 3.19. The summed E-state index contributed by atoms with van der Waals surface area (Å²) in [6, 6.07) is 1.40. The van der Waals surface area contributed by atoms with Crippen molar-refractivity contribution in [2.24, 2.45) is 5.92 Å². The lowest BCUT2D eigenvalue weighted by Gasteiger charge is -2.28. The smallest absolute Gasteiger partial charge is 0.221 e. The predicted molar refractivity (Wildman–Crippen MR) is 111 cm³/mol. The first kappa shape index (κ1) is 19.9. The number of aliphatic hydroxyl groups excluding tert-OH is 2. The van der Waals surface area contributed by atoms with Crippen LogP contribution in [-0.2, 0) is 0 Å². The number of aliphatic hydroxyl groups is 3. The number of aromatic nitrogens is 4. The van der Waals surface area contributed by atoms with Crippen LogP contribution in [0, 0.1) is 12.8 Å². The molecule has 4 unspecified atom stereocenters. The first-order valence-corrected chi connectivity index (χ1v) is 10.2. The van der Waals surface area contributed by atoms with Gasteiger partial charge >= 0.3 is 0 Å². The highest BCUT2D eigenvalue weighted by Gasteiger charge is 2.47. The van der Waals surface area contributed by atoms with Gasteiger partial charge in [-0.3, -0.25) is 4.98 Å². The second-order valence-electron chi connectivity index (χ2n) is 7.98. The van der Waals surface area contributed by atoms with Crippen molar-refractivity contribution in [2.45, 2.75) is 51.0 Å². The molecular weight excluding hydrogens is 392 g/mol. The zero-order chi connectivity index (χ0) is 20.9. The molecule has 9 nitrogen and oxygen atoms in total. The molecule has 0 amide bonds. The maximum atomic E-state index is 10.5. The zero-order valence-corrected chi connectivity index (χ0v) is 17.2. The fourth-order valence-electron chi connectivity index (χ4n) is 3.81. The molecule has 4 atom stereocenters. The van der Waals surface area contributed by atoms with Crippen LogP contribution in [0.25, 0.3) is 20.8 Å². The van der Waals surface area contributed by atoms with Crippen LogP contribution in [0.4, 0.5) is 11.8 Å². The fourth-order valence-corrected chi connectivity index (χ4v) is 4.84. The summed E-state index contributed by atoms with van der Waals surface area (Å²) < 4.78 is 0.994. The van der Waals surface area contributed by atoms with Gasteiger partial charge in [-0.25, -0.2) is 9.97 Å². The van der Waals surface area contributed by atoms with Gasteiger partial charge in [-0.15, -0.1) is 11.3 Å². The number of hydrogen-bond acceptors (Lipinski definition) is 10. The highest BCUT2D eigenvalue weighted by molar-refractivity contribution is 7.21. The van der Waals surface area contributed by atoms with Gasteiger partial charge in [0.15, 0.2) is 0 Å². The molecule has 10 heteroatoms. The highest BCUT2D eigenvalue weighted by atomic mass is 32.1. The highest BCUT2D eigenvalue weighted by Crippen LogP contribution is 2.38. The third kappa shape index (κ3) is 3.64. The minimum atomic E-state index is -1.12. The third-order valence-corrected chi connectivity index (χ3v) is 6.49. The first-order chi connectivity index (χ1) is 13.6. The molecule has 0 bridgehead atoms. The van der Waals surface area contributed by atoms with Crippen LogP contribution in [-0.4, -0.2) is 59.1 Å². The molecular formula is C19H24N6O3S. The van der Waals surface area contributed by atoms with Gasteiger partial charge in [0, 0.05) is 18.3 Å². The Bertz CT molecular complexity index is 1050. The molecule has 0 radical (unpaired) electrons. The average molecular weight is 417 g/mol. The van der Waals surface area contributed by atoms with Crippen LogP contribution in [0.5, 0.6) is 0 Å². The molecule has 154 valence electrons. The van der Waals surface area contributed by atoms with E-state index in [0.717, 1.165) is 15.9 Å². The molecule has 29 heavy (non-hydrogen) atoms. The van der Waals surface area contributed by atoms with Crippen molar-refractivity contribution in [1.82, 2.24) is 19.9 Å². The SMILES string of the molecule is Cc1nccc2sc(-c3cnc(N)nc3NC3CC(C(C)(C)O)C(O)C3O)nc12. The molecule has 0 aliphatic heterocycles. The van der Waals surface area contributed by atoms with Crippen molar-refractivity contribution in [3.63, 3.8) is 0 Å². The van der Waals surface area contributed by atoms with Crippen molar-refractivity contribution >= 4 is 33.3 Å². The van der Waals surface area contributed by atoms with Gasteiger partial charge in [0.25, 0.3) is 0 Å². The number of nitrogen functional groups attached to an aromatic ring is 1. The Balaban J connectivity index is 1.70. The van der Waals surface area contributed by atoms with E-state index in [0.29, 0.717) is 22.8 Å². The second kappa shape index (κ2) is 7.13. The zero-order valence-electron chi connectivity index (χ0n) is 16.4. The maximum Gasteiger partial charge on any atom is 0.221 e. The Labute approximate surface area is 171 Å². The normalized spacial score (nSPS) is 24.9. The standard InChI is InChI=1S/C19H24N6O3S/c1-8-13-12(4-5-21-8)29-17(24-13)9-7-22-18(20)25-16(9)23-11-6-10(19(2,3)28)14(26)15(11)27/h4-5,7,10-11,14-15,26-28H,6H2,1-3H3,(H3,20,22,23,25). The molecule has 3 aromatic heterocycles. The van der Waals surface area contributed by atoms with E-state index in [2.05, 4.69) is 25.3 Å². The first-order valence-electron chi connectivity index (χ1n) is 9.35. The van der Waals surface area contributed by atoms with Gasteiger partial charge in [0.05, 0.1) is 33.7 Å². The molecule has 0 spiro atoms. The van der Waals surface area contributed by atoms with Gasteiger partial charge in [0.1, 0.15) is 22.4 Å². The van der Waals surface area contributed by atoms with E-state index in [9.17, 15) is 15.3 Å². The van der Waals surface area contributed by atoms with Crippen LogP contribution in [0.2, 0.25) is 0 Å². The Morgan fingerprint density at radius 3 is 2.62 bits per heavy atom. The van der Waals surface area contributed by atoms with E-state index < -0.39 is 29.8 Å². The molecule has 1 fully saturated rings. The van der Waals surface area contributed by atoms with E-state index >= 15 is 0 Å². The number of fused-ring (bicyclic) bond motifs is 1. The van der Waals surface area contributed by atoms with E-state index in [1.165, 1.54) is 11.3 Å². The number of rotatable bonds is 4. The van der Waals surface area contributed by atoms with Crippen LogP contribution in [0.3, 0.4) is 0 Å². The van der Waals surface area contributed by atoms with Gasteiger partial charge in [-0.1, -0.05) is 0 Å². The Kier molecular flexibility index (Phi) is 4.89. The lowest BCUT2D eigenvalue weighted by molar-refractivity contribution is -0.0601. The van der Waals surface area contributed by atoms with E-state index in [1.54, 1.807) is 26.2 Å². The van der Waals surface area contributed by atoms with Crippen LogP contribution >= 0.6 is 11.3 Å². The lowest BCUT2D eigenvalue weighted by atomic mass is 9.88. The monoisotopic (exact) mass is 416 g/mol. The Hall–Kier alpha value is -2.40. The number of anilines is 2. The summed E-state index contributed by atoms with van der Waals surface area (Å²) in [5.41, 5.74) is 6.97. The molecule has 1 aliphatic rings. The van der Waals surface area contributed by atoms with Gasteiger partial charge in [0.2, 0.25) is 5.95 Å². The van der Waals surface area contributed by atoms with Crippen molar-refractivity contribution in [1.29, 1.82) is 0 Å². The van der Waals surface area contributed by atoms with Gasteiger partial charge < -0.3 is 26.4 Å². The summed E-state index contributed by atoms with van der Waals surface area (Å²) >= 11 is 1.48. The number of pyridine rings is 1. The topological polar surface area (TPSA) is 150 Å². The summed E-state index contributed by atoms with van der Waals surface area (Å²) in [5, 5.41) is 35.1. The number of nitrogens with one attached hydrogen (secondary N) is 1. The molecule has 1 aliphatic carbocycles. The minimum absolute atomic E-state index is 0.0854. The van der Waals surface area contributed by atoms with Gasteiger partial charge in [-0.05, 0) is 33.3 Å². The summed E-state index contributed by atoms with van der Waals surface area (Å²) in [4.78, 5) is 17.4. The summed E-state index contributed by atoms with van der Waals surface area (Å²) in [7, 11) is 0. The van der Waals surface area contributed by atoms with Crippen LogP contribution in [0.15, 0.2) is 18.5 Å². The minimum Gasteiger partial charge on any atom is -0.390 e. The predicted octanol–water partition coefficient (Wildman–Crippen LogP) is 1.33. The number of nitrogens with zero attached hydrogens (tertiary/aromatic N) is 4. The third-order valence-electron chi connectivity index (χ3n) is 5.44. The Morgan fingerprint density at radius 1 is 1.21 bits per heavy atom. The van der Waals surface area contributed by atoms with E-state index in [-0.39, 0.29) is 5.95 Å². The van der Waals surface area contributed by atoms with E-state index in [4.69, 9.17) is 5.73 Å². The van der Waals surface area contributed by atoms with E-state index in [1.807, 2.05) is 13.0 Å². The molecule has 0 aromatic carbocycles. The summed E-state index contributed by atoms with van der Waals surface area (Å²) in [6.45, 7) is 5.15.